The number of hydrogen-bond donors (Lipinski definition) is 1. The van der Waals surface area contributed by atoms with E-state index in [2.05, 4.69) is 40.7 Å². The molecule has 32 heavy (non-hydrogen) atoms. The summed E-state index contributed by atoms with van der Waals surface area (Å²) in [6.07, 6.45) is 14.8. The Balaban J connectivity index is 1.30. The van der Waals surface area contributed by atoms with Gasteiger partial charge in [-0.3, -0.25) is 0 Å². The number of fused-ring (bicyclic) bond motifs is 5. The predicted octanol–water partition coefficient (Wildman–Crippen LogP) is 6.74. The van der Waals surface area contributed by atoms with Gasteiger partial charge in [-0.2, -0.15) is 0 Å². The van der Waals surface area contributed by atoms with Crippen LogP contribution in [0.2, 0.25) is 0 Å². The highest BCUT2D eigenvalue weighted by molar-refractivity contribution is 5.25. The molecule has 0 aromatic carbocycles. The van der Waals surface area contributed by atoms with Crippen LogP contribution in [0.4, 0.5) is 0 Å². The summed E-state index contributed by atoms with van der Waals surface area (Å²) in [5.74, 6) is 4.23. The van der Waals surface area contributed by atoms with Gasteiger partial charge in [-0.15, -0.1) is 0 Å². The van der Waals surface area contributed by atoms with Crippen molar-refractivity contribution in [2.75, 3.05) is 13.2 Å². The second-order valence-electron chi connectivity index (χ2n) is 13.1. The molecule has 1 aliphatic heterocycles. The molecule has 4 aliphatic carbocycles. The van der Waals surface area contributed by atoms with Gasteiger partial charge in [0.1, 0.15) is 0 Å². The minimum Gasteiger partial charge on any atom is -0.393 e. The number of rotatable bonds is 5. The molecule has 5 aliphatic rings. The standard InChI is InChI=1S/C29H48O3/c1-19(2)29(31-16-17-32-29)15-10-20(3)24-8-9-25-23-7-6-21-18-22(30)11-13-27(21,4)26(23)12-14-28(24,25)5/h6,19-20,22-26,30H,7-18H2,1-5H3/t20-,22+,23+,24-,25+,26+,27+,28-/m1/s1. The van der Waals surface area contributed by atoms with Crippen molar-refractivity contribution in [1.82, 2.24) is 0 Å². The zero-order chi connectivity index (χ0) is 22.7. The van der Waals surface area contributed by atoms with Crippen LogP contribution in [0.1, 0.15) is 98.8 Å². The van der Waals surface area contributed by atoms with Gasteiger partial charge in [-0.05, 0) is 98.2 Å². The summed E-state index contributed by atoms with van der Waals surface area (Å²) >= 11 is 0. The van der Waals surface area contributed by atoms with Crippen LogP contribution in [0.3, 0.4) is 0 Å². The van der Waals surface area contributed by atoms with Crippen molar-refractivity contribution < 1.29 is 14.6 Å². The molecule has 1 saturated heterocycles. The molecule has 4 fully saturated rings. The molecule has 0 aromatic rings. The Morgan fingerprint density at radius 2 is 1.75 bits per heavy atom. The van der Waals surface area contributed by atoms with E-state index in [1.165, 1.54) is 44.9 Å². The molecule has 0 amide bonds. The molecule has 0 radical (unpaired) electrons. The van der Waals surface area contributed by atoms with Crippen LogP contribution in [0, 0.1) is 46.3 Å². The maximum absolute atomic E-state index is 10.3. The Hall–Kier alpha value is -0.380. The van der Waals surface area contributed by atoms with Gasteiger partial charge >= 0.3 is 0 Å². The van der Waals surface area contributed by atoms with Crippen molar-refractivity contribution in [3.05, 3.63) is 11.6 Å². The summed E-state index contributed by atoms with van der Waals surface area (Å²) < 4.78 is 12.3. The van der Waals surface area contributed by atoms with Crippen molar-refractivity contribution in [3.8, 4) is 0 Å². The highest BCUT2D eigenvalue weighted by Crippen LogP contribution is 2.67. The fourth-order valence-corrected chi connectivity index (χ4v) is 9.48. The topological polar surface area (TPSA) is 38.7 Å². The lowest BCUT2D eigenvalue weighted by molar-refractivity contribution is -0.195. The van der Waals surface area contributed by atoms with Gasteiger partial charge in [0.2, 0.25) is 0 Å². The number of hydrogen-bond acceptors (Lipinski definition) is 3. The smallest absolute Gasteiger partial charge is 0.170 e. The largest absolute Gasteiger partial charge is 0.393 e. The molecule has 1 N–H and O–H groups in total. The molecule has 0 unspecified atom stereocenters. The van der Waals surface area contributed by atoms with Crippen molar-refractivity contribution in [2.24, 2.45) is 46.3 Å². The van der Waals surface area contributed by atoms with Crippen LogP contribution >= 0.6 is 0 Å². The Bertz CT molecular complexity index is 722. The molecule has 0 bridgehead atoms. The Labute approximate surface area is 196 Å². The lowest BCUT2D eigenvalue weighted by atomic mass is 9.47. The van der Waals surface area contributed by atoms with Gasteiger partial charge < -0.3 is 14.6 Å². The summed E-state index contributed by atoms with van der Waals surface area (Å²) in [5, 5.41) is 10.3. The maximum atomic E-state index is 10.3. The number of allylic oxidation sites excluding steroid dienone is 1. The highest BCUT2D eigenvalue weighted by atomic mass is 16.7. The van der Waals surface area contributed by atoms with E-state index in [1.807, 2.05) is 0 Å². The zero-order valence-corrected chi connectivity index (χ0v) is 21.4. The second-order valence-corrected chi connectivity index (χ2v) is 13.1. The first-order valence-electron chi connectivity index (χ1n) is 13.8. The monoisotopic (exact) mass is 444 g/mol. The van der Waals surface area contributed by atoms with Gasteiger partial charge in [-0.1, -0.05) is 46.3 Å². The summed E-state index contributed by atoms with van der Waals surface area (Å²) in [6, 6.07) is 0. The predicted molar refractivity (Wildman–Crippen MR) is 129 cm³/mol. The maximum Gasteiger partial charge on any atom is 0.170 e. The van der Waals surface area contributed by atoms with E-state index < -0.39 is 0 Å². The minimum atomic E-state index is -0.338. The van der Waals surface area contributed by atoms with Crippen LogP contribution < -0.4 is 0 Å². The first-order valence-corrected chi connectivity index (χ1v) is 13.8. The lowest BCUT2D eigenvalue weighted by Gasteiger charge is -2.58. The fourth-order valence-electron chi connectivity index (χ4n) is 9.48. The van der Waals surface area contributed by atoms with Crippen LogP contribution in [-0.4, -0.2) is 30.2 Å². The minimum absolute atomic E-state index is 0.0987. The van der Waals surface area contributed by atoms with E-state index in [0.717, 1.165) is 62.1 Å². The number of ether oxygens (including phenoxy) is 2. The third-order valence-corrected chi connectivity index (χ3v) is 11.4. The molecule has 3 heteroatoms. The van der Waals surface area contributed by atoms with Gasteiger partial charge in [0.15, 0.2) is 5.79 Å². The molecule has 3 nitrogen and oxygen atoms in total. The first-order chi connectivity index (χ1) is 15.2. The van der Waals surface area contributed by atoms with E-state index in [1.54, 1.807) is 5.57 Å². The summed E-state index contributed by atoms with van der Waals surface area (Å²) in [6.45, 7) is 13.7. The number of aliphatic hydroxyl groups excluding tert-OH is 1. The SMILES string of the molecule is CC(C)C1(CC[C@@H](C)[C@H]2CC[C@H]3[C@@H]4CC=C5C[C@@H](O)CC[C@]5(C)[C@H]4CC[C@]23C)OCCO1. The van der Waals surface area contributed by atoms with Crippen LogP contribution in [0.25, 0.3) is 0 Å². The third-order valence-electron chi connectivity index (χ3n) is 11.4. The quantitative estimate of drug-likeness (QED) is 0.477. The van der Waals surface area contributed by atoms with Crippen molar-refractivity contribution in [2.45, 2.75) is 111 Å². The van der Waals surface area contributed by atoms with Gasteiger partial charge in [-0.25, -0.2) is 0 Å². The molecule has 1 heterocycles. The molecule has 0 spiro atoms. The van der Waals surface area contributed by atoms with Crippen molar-refractivity contribution in [1.29, 1.82) is 0 Å². The second kappa shape index (κ2) is 8.38. The van der Waals surface area contributed by atoms with Crippen LogP contribution in [-0.2, 0) is 9.47 Å². The summed E-state index contributed by atoms with van der Waals surface area (Å²) in [4.78, 5) is 0. The van der Waals surface area contributed by atoms with Crippen LogP contribution in [0.15, 0.2) is 11.6 Å². The van der Waals surface area contributed by atoms with Crippen molar-refractivity contribution in [3.63, 3.8) is 0 Å². The first kappa shape index (κ1) is 23.4. The number of aliphatic hydroxyl groups is 1. The summed E-state index contributed by atoms with van der Waals surface area (Å²) in [5.41, 5.74) is 2.45. The van der Waals surface area contributed by atoms with Gasteiger partial charge in [0.25, 0.3) is 0 Å². The Kier molecular flexibility index (Phi) is 6.12. The molecule has 182 valence electrons. The fraction of sp³-hybridized carbons (Fsp3) is 0.931. The van der Waals surface area contributed by atoms with Gasteiger partial charge in [0, 0.05) is 12.3 Å². The lowest BCUT2D eigenvalue weighted by Crippen LogP contribution is -2.50. The van der Waals surface area contributed by atoms with Crippen molar-refractivity contribution >= 4 is 0 Å². The van der Waals surface area contributed by atoms with Crippen LogP contribution in [0.5, 0.6) is 0 Å². The van der Waals surface area contributed by atoms with E-state index in [9.17, 15) is 5.11 Å². The van der Waals surface area contributed by atoms with E-state index >= 15 is 0 Å². The summed E-state index contributed by atoms with van der Waals surface area (Å²) in [7, 11) is 0. The average Bonchev–Trinajstić information content (AvgIpc) is 3.37. The molecule has 0 aromatic heterocycles. The molecular weight excluding hydrogens is 396 g/mol. The third kappa shape index (κ3) is 3.55. The Morgan fingerprint density at radius 1 is 1.00 bits per heavy atom. The van der Waals surface area contributed by atoms with Gasteiger partial charge in [0.05, 0.1) is 19.3 Å². The average molecular weight is 445 g/mol. The molecular formula is C29H48O3. The molecule has 5 rings (SSSR count). The van der Waals surface area contributed by atoms with E-state index in [-0.39, 0.29) is 11.9 Å². The highest BCUT2D eigenvalue weighted by Gasteiger charge is 2.59. The zero-order valence-electron chi connectivity index (χ0n) is 21.4. The Morgan fingerprint density at radius 3 is 2.47 bits per heavy atom. The van der Waals surface area contributed by atoms with E-state index in [0.29, 0.717) is 16.7 Å². The normalized spacial score (nSPS) is 46.3. The molecule has 8 atom stereocenters. The molecule has 3 saturated carbocycles. The van der Waals surface area contributed by atoms with E-state index in [4.69, 9.17) is 9.47 Å².